The summed E-state index contributed by atoms with van der Waals surface area (Å²) in [6.45, 7) is 3.14. The average Bonchev–Trinajstić information content (AvgIpc) is 3.51. The molecule has 0 radical (unpaired) electrons. The van der Waals surface area contributed by atoms with E-state index < -0.39 is 0 Å². The molecule has 7 nitrogen and oxygen atoms in total. The van der Waals surface area contributed by atoms with E-state index in [0.717, 1.165) is 56.7 Å². The maximum Gasteiger partial charge on any atom is 0.231 e. The molecular weight excluding hydrogens is 406 g/mol. The second-order valence-electron chi connectivity index (χ2n) is 6.27. The molecule has 0 saturated carbocycles. The van der Waals surface area contributed by atoms with Crippen LogP contribution in [0.5, 0.6) is 11.5 Å². The zero-order valence-corrected chi connectivity index (χ0v) is 17.2. The van der Waals surface area contributed by atoms with Gasteiger partial charge in [-0.3, -0.25) is 4.98 Å². The summed E-state index contributed by atoms with van der Waals surface area (Å²) in [5.41, 5.74) is 2.87. The third-order valence-electron chi connectivity index (χ3n) is 4.45. The van der Waals surface area contributed by atoms with Crippen LogP contribution in [0.2, 0.25) is 0 Å². The Kier molecular flexibility index (Phi) is 4.91. The number of aromatic nitrogens is 5. The molecule has 29 heavy (non-hydrogen) atoms. The highest BCUT2D eigenvalue weighted by Crippen LogP contribution is 2.37. The standard InChI is InChI=1S/C20H17N5O2S2/c1-2-25-18(15-5-3-4-8-21-15)23-24-20(25)29-11-14-10-28-19(22-14)13-6-7-16-17(9-13)27-12-26-16/h3-10H,2,11-12H2,1H3. The van der Waals surface area contributed by atoms with Crippen LogP contribution in [0.3, 0.4) is 0 Å². The van der Waals surface area contributed by atoms with E-state index in [1.54, 1.807) is 29.3 Å². The van der Waals surface area contributed by atoms with Crippen molar-refractivity contribution in [3.8, 4) is 33.6 Å². The van der Waals surface area contributed by atoms with Crippen molar-refractivity contribution in [1.82, 2.24) is 24.7 Å². The van der Waals surface area contributed by atoms with Crippen molar-refractivity contribution in [3.63, 3.8) is 0 Å². The quantitative estimate of drug-likeness (QED) is 0.423. The van der Waals surface area contributed by atoms with E-state index in [1.807, 2.05) is 36.4 Å². The lowest BCUT2D eigenvalue weighted by atomic mass is 10.2. The molecule has 0 unspecified atom stereocenters. The number of ether oxygens (including phenoxy) is 2. The number of rotatable bonds is 6. The SMILES string of the molecule is CCn1c(SCc2csc(-c3ccc4c(c3)OCO4)n2)nnc1-c1ccccn1. The van der Waals surface area contributed by atoms with Crippen molar-refractivity contribution in [3.05, 3.63) is 53.7 Å². The molecule has 0 atom stereocenters. The fourth-order valence-electron chi connectivity index (χ4n) is 3.04. The van der Waals surface area contributed by atoms with Crippen LogP contribution >= 0.6 is 23.1 Å². The molecule has 0 spiro atoms. The first-order chi connectivity index (χ1) is 14.3. The van der Waals surface area contributed by atoms with Crippen molar-refractivity contribution in [1.29, 1.82) is 0 Å². The third-order valence-corrected chi connectivity index (χ3v) is 6.39. The van der Waals surface area contributed by atoms with Gasteiger partial charge in [0.2, 0.25) is 6.79 Å². The summed E-state index contributed by atoms with van der Waals surface area (Å²) in [6, 6.07) is 11.7. The first kappa shape index (κ1) is 18.1. The number of benzene rings is 1. The number of nitrogens with zero attached hydrogens (tertiary/aromatic N) is 5. The molecule has 4 aromatic rings. The van der Waals surface area contributed by atoms with Gasteiger partial charge in [-0.15, -0.1) is 21.5 Å². The predicted molar refractivity (Wildman–Crippen MR) is 112 cm³/mol. The van der Waals surface area contributed by atoms with Gasteiger partial charge in [-0.1, -0.05) is 17.8 Å². The molecule has 0 aliphatic carbocycles. The van der Waals surface area contributed by atoms with Crippen molar-refractivity contribution < 1.29 is 9.47 Å². The van der Waals surface area contributed by atoms with Crippen LogP contribution in [0.15, 0.2) is 53.1 Å². The molecule has 0 fully saturated rings. The summed E-state index contributed by atoms with van der Waals surface area (Å²) in [4.78, 5) is 9.16. The normalized spacial score (nSPS) is 12.4. The lowest BCUT2D eigenvalue weighted by molar-refractivity contribution is 0.174. The Morgan fingerprint density at radius 2 is 2.07 bits per heavy atom. The van der Waals surface area contributed by atoms with Crippen LogP contribution in [0.1, 0.15) is 12.6 Å². The van der Waals surface area contributed by atoms with Gasteiger partial charge < -0.3 is 14.0 Å². The third kappa shape index (κ3) is 3.58. The average molecular weight is 424 g/mol. The van der Waals surface area contributed by atoms with Crippen molar-refractivity contribution in [2.45, 2.75) is 24.4 Å². The molecule has 146 valence electrons. The number of pyridine rings is 1. The molecule has 1 aliphatic rings. The maximum absolute atomic E-state index is 5.46. The Labute approximate surface area is 175 Å². The maximum atomic E-state index is 5.46. The van der Waals surface area contributed by atoms with Gasteiger partial charge in [0.1, 0.15) is 10.7 Å². The van der Waals surface area contributed by atoms with Gasteiger partial charge in [-0.2, -0.15) is 0 Å². The van der Waals surface area contributed by atoms with Crippen LogP contribution in [-0.4, -0.2) is 31.5 Å². The van der Waals surface area contributed by atoms with E-state index in [1.165, 1.54) is 0 Å². The highest BCUT2D eigenvalue weighted by atomic mass is 32.2. The Morgan fingerprint density at radius 1 is 1.14 bits per heavy atom. The first-order valence-electron chi connectivity index (χ1n) is 9.13. The van der Waals surface area contributed by atoms with E-state index in [9.17, 15) is 0 Å². The summed E-state index contributed by atoms with van der Waals surface area (Å²) in [7, 11) is 0. The van der Waals surface area contributed by atoms with E-state index in [2.05, 4.69) is 32.1 Å². The Bertz CT molecular complexity index is 1140. The van der Waals surface area contributed by atoms with Gasteiger partial charge in [-0.25, -0.2) is 4.98 Å². The first-order valence-corrected chi connectivity index (χ1v) is 11.0. The lowest BCUT2D eigenvalue weighted by Gasteiger charge is -2.06. The highest BCUT2D eigenvalue weighted by molar-refractivity contribution is 7.98. The summed E-state index contributed by atoms with van der Waals surface area (Å²) < 4.78 is 12.9. The fraction of sp³-hybridized carbons (Fsp3) is 0.200. The zero-order chi connectivity index (χ0) is 19.6. The number of thioether (sulfide) groups is 1. The number of hydrogen-bond acceptors (Lipinski definition) is 8. The van der Waals surface area contributed by atoms with Gasteiger partial charge >= 0.3 is 0 Å². The Balaban J connectivity index is 1.32. The van der Waals surface area contributed by atoms with Gasteiger partial charge in [0.05, 0.1) is 5.69 Å². The molecule has 0 bridgehead atoms. The molecule has 0 N–H and O–H groups in total. The largest absolute Gasteiger partial charge is 0.454 e. The van der Waals surface area contributed by atoms with E-state index >= 15 is 0 Å². The van der Waals surface area contributed by atoms with Gasteiger partial charge in [0, 0.05) is 29.4 Å². The monoisotopic (exact) mass is 423 g/mol. The molecule has 4 heterocycles. The minimum absolute atomic E-state index is 0.275. The number of thiazole rings is 1. The highest BCUT2D eigenvalue weighted by Gasteiger charge is 2.17. The van der Waals surface area contributed by atoms with Crippen molar-refractivity contribution in [2.75, 3.05) is 6.79 Å². The smallest absolute Gasteiger partial charge is 0.231 e. The molecule has 0 saturated heterocycles. The molecule has 5 rings (SSSR count). The number of fused-ring (bicyclic) bond motifs is 1. The zero-order valence-electron chi connectivity index (χ0n) is 15.6. The van der Waals surface area contributed by atoms with Crippen LogP contribution in [0.25, 0.3) is 22.1 Å². The number of hydrogen-bond donors (Lipinski definition) is 0. The molecular formula is C20H17N5O2S2. The minimum Gasteiger partial charge on any atom is -0.454 e. The van der Waals surface area contributed by atoms with Crippen LogP contribution < -0.4 is 9.47 Å². The molecule has 1 aliphatic heterocycles. The van der Waals surface area contributed by atoms with E-state index in [-0.39, 0.29) is 6.79 Å². The summed E-state index contributed by atoms with van der Waals surface area (Å²) in [5.74, 6) is 3.06. The van der Waals surface area contributed by atoms with Gasteiger partial charge in [0.15, 0.2) is 22.5 Å². The van der Waals surface area contributed by atoms with Crippen LogP contribution in [0, 0.1) is 0 Å². The summed E-state index contributed by atoms with van der Waals surface area (Å²) in [6.07, 6.45) is 1.77. The van der Waals surface area contributed by atoms with Gasteiger partial charge in [0.25, 0.3) is 0 Å². The second-order valence-corrected chi connectivity index (χ2v) is 8.07. The van der Waals surface area contributed by atoms with Gasteiger partial charge in [-0.05, 0) is 37.3 Å². The van der Waals surface area contributed by atoms with E-state index in [4.69, 9.17) is 14.5 Å². The topological polar surface area (TPSA) is 75.0 Å². The summed E-state index contributed by atoms with van der Waals surface area (Å²) >= 11 is 3.25. The predicted octanol–water partition coefficient (Wildman–Crippen LogP) is 4.50. The Hall–Kier alpha value is -2.91. The fourth-order valence-corrected chi connectivity index (χ4v) is 4.86. The Morgan fingerprint density at radius 3 is 2.93 bits per heavy atom. The molecule has 0 amide bonds. The summed E-state index contributed by atoms with van der Waals surface area (Å²) in [5, 5.41) is 12.6. The lowest BCUT2D eigenvalue weighted by Crippen LogP contribution is -2.00. The molecule has 3 aromatic heterocycles. The molecule has 9 heteroatoms. The van der Waals surface area contributed by atoms with Crippen molar-refractivity contribution >= 4 is 23.1 Å². The van der Waals surface area contributed by atoms with Crippen LogP contribution in [-0.2, 0) is 12.3 Å². The second kappa shape index (κ2) is 7.84. The molecule has 1 aromatic carbocycles. The van der Waals surface area contributed by atoms with Crippen molar-refractivity contribution in [2.24, 2.45) is 0 Å². The van der Waals surface area contributed by atoms with E-state index in [0.29, 0.717) is 0 Å². The minimum atomic E-state index is 0.275. The van der Waals surface area contributed by atoms with Crippen LogP contribution in [0.4, 0.5) is 0 Å².